The molecule has 0 aromatic carbocycles. The summed E-state index contributed by atoms with van der Waals surface area (Å²) < 4.78 is 0. The van der Waals surface area contributed by atoms with E-state index >= 15 is 0 Å². The van der Waals surface area contributed by atoms with Crippen LogP contribution in [0.5, 0.6) is 0 Å². The molecule has 0 aliphatic rings. The standard InChI is InChI=1S/C13H28N6O5S/c1-7(21)9(14)5-19(2)16-4-8(3-11(15)22)17-13(25)18-10(6-20)12(23)24/h7-10,16,20-21H,3-6,14H2,1-2H3,(H2,15,22)(H,23,24)(H2,17,18,25)/t7?,8-,9-,10-/m1/s1. The summed E-state index contributed by atoms with van der Waals surface area (Å²) in [6.45, 7) is 1.54. The highest BCUT2D eigenvalue weighted by Gasteiger charge is 2.20. The Bertz CT molecular complexity index is 453. The van der Waals surface area contributed by atoms with Gasteiger partial charge in [-0.25, -0.2) is 9.80 Å². The van der Waals surface area contributed by atoms with Gasteiger partial charge in [0.25, 0.3) is 0 Å². The number of carboxylic acids is 1. The molecule has 0 spiro atoms. The van der Waals surface area contributed by atoms with E-state index in [1.165, 1.54) is 0 Å². The second kappa shape index (κ2) is 11.9. The number of carbonyl (C=O) groups excluding carboxylic acids is 1. The molecule has 1 amide bonds. The molecule has 1 unspecified atom stereocenters. The second-order valence-corrected chi connectivity index (χ2v) is 6.11. The van der Waals surface area contributed by atoms with Crippen LogP contribution in [0, 0.1) is 0 Å². The number of hydrogen-bond acceptors (Lipinski definition) is 8. The molecule has 12 heteroatoms. The molecule has 0 saturated carbocycles. The summed E-state index contributed by atoms with van der Waals surface area (Å²) in [5, 5.41) is 34.1. The monoisotopic (exact) mass is 380 g/mol. The van der Waals surface area contributed by atoms with E-state index in [0.717, 1.165) is 0 Å². The zero-order valence-corrected chi connectivity index (χ0v) is 15.1. The van der Waals surface area contributed by atoms with Crippen LogP contribution in [0.1, 0.15) is 13.3 Å². The maximum atomic E-state index is 11.2. The zero-order valence-electron chi connectivity index (χ0n) is 14.3. The van der Waals surface area contributed by atoms with Crippen LogP contribution in [0.15, 0.2) is 0 Å². The first-order valence-electron chi connectivity index (χ1n) is 7.64. The quantitative estimate of drug-likeness (QED) is 0.123. The average molecular weight is 380 g/mol. The van der Waals surface area contributed by atoms with Crippen LogP contribution in [0.4, 0.5) is 0 Å². The van der Waals surface area contributed by atoms with Crippen LogP contribution >= 0.6 is 12.2 Å². The van der Waals surface area contributed by atoms with Gasteiger partial charge in [-0.15, -0.1) is 0 Å². The summed E-state index contributed by atoms with van der Waals surface area (Å²) >= 11 is 4.99. The zero-order chi connectivity index (χ0) is 19.6. The Balaban J connectivity index is 4.56. The third kappa shape index (κ3) is 10.8. The van der Waals surface area contributed by atoms with Crippen molar-refractivity contribution >= 4 is 29.2 Å². The molecule has 0 bridgehead atoms. The number of likely N-dealkylation sites (N-methyl/N-ethyl adjacent to an activating group) is 1. The summed E-state index contributed by atoms with van der Waals surface area (Å²) in [5.74, 6) is -1.83. The van der Waals surface area contributed by atoms with Crippen molar-refractivity contribution in [1.29, 1.82) is 0 Å². The van der Waals surface area contributed by atoms with Gasteiger partial charge >= 0.3 is 5.97 Å². The van der Waals surface area contributed by atoms with E-state index in [1.54, 1.807) is 19.0 Å². The van der Waals surface area contributed by atoms with Crippen molar-refractivity contribution < 1.29 is 24.9 Å². The maximum Gasteiger partial charge on any atom is 0.328 e. The first kappa shape index (κ1) is 23.4. The Morgan fingerprint density at radius 1 is 1.32 bits per heavy atom. The van der Waals surface area contributed by atoms with E-state index < -0.39 is 42.7 Å². The Morgan fingerprint density at radius 3 is 2.36 bits per heavy atom. The van der Waals surface area contributed by atoms with Gasteiger partial charge in [-0.05, 0) is 19.1 Å². The SMILES string of the molecule is CC(O)[C@H](N)CN(C)NC[C@@H](CC(N)=O)NC(=S)N[C@H](CO)C(=O)O. The van der Waals surface area contributed by atoms with Crippen molar-refractivity contribution in [3.8, 4) is 0 Å². The molecular weight excluding hydrogens is 352 g/mol. The van der Waals surface area contributed by atoms with Crippen LogP contribution in [-0.2, 0) is 9.59 Å². The maximum absolute atomic E-state index is 11.2. The molecule has 0 rings (SSSR count). The Labute approximate surface area is 151 Å². The predicted octanol–water partition coefficient (Wildman–Crippen LogP) is -3.72. The third-order valence-electron chi connectivity index (χ3n) is 3.28. The van der Waals surface area contributed by atoms with Gasteiger partial charge in [0.15, 0.2) is 5.11 Å². The van der Waals surface area contributed by atoms with Crippen LogP contribution in [0.25, 0.3) is 0 Å². The molecule has 0 aliphatic heterocycles. The van der Waals surface area contributed by atoms with Crippen molar-refractivity contribution in [2.75, 3.05) is 26.7 Å². The van der Waals surface area contributed by atoms with E-state index in [-0.39, 0.29) is 18.1 Å². The number of rotatable bonds is 12. The number of hydrogen-bond donors (Lipinski definition) is 8. The van der Waals surface area contributed by atoms with Crippen LogP contribution in [-0.4, -0.2) is 88.3 Å². The fraction of sp³-hybridized carbons (Fsp3) is 0.769. The summed E-state index contributed by atoms with van der Waals surface area (Å²) in [6.07, 6.45) is -0.728. The summed E-state index contributed by atoms with van der Waals surface area (Å²) in [7, 11) is 1.71. The lowest BCUT2D eigenvalue weighted by Gasteiger charge is -2.27. The molecule has 11 nitrogen and oxygen atoms in total. The van der Waals surface area contributed by atoms with Crippen LogP contribution in [0.2, 0.25) is 0 Å². The van der Waals surface area contributed by atoms with Gasteiger partial charge < -0.3 is 37.4 Å². The normalized spacial score (nSPS) is 15.9. The lowest BCUT2D eigenvalue weighted by Crippen LogP contribution is -2.55. The minimum absolute atomic E-state index is 0.0298. The molecule has 4 atom stereocenters. The van der Waals surface area contributed by atoms with E-state index in [2.05, 4.69) is 16.1 Å². The molecule has 0 fully saturated rings. The number of aliphatic carboxylic acids is 1. The summed E-state index contributed by atoms with van der Waals surface area (Å²) in [5.41, 5.74) is 13.9. The second-order valence-electron chi connectivity index (χ2n) is 5.71. The smallest absolute Gasteiger partial charge is 0.328 e. The lowest BCUT2D eigenvalue weighted by atomic mass is 10.2. The minimum Gasteiger partial charge on any atom is -0.480 e. The van der Waals surface area contributed by atoms with Gasteiger partial charge in [0.05, 0.1) is 18.8 Å². The van der Waals surface area contributed by atoms with E-state index in [9.17, 15) is 14.7 Å². The molecular formula is C13H28N6O5S. The molecule has 0 heterocycles. The van der Waals surface area contributed by atoms with Crippen molar-refractivity contribution in [1.82, 2.24) is 21.1 Å². The Kier molecular flexibility index (Phi) is 11.1. The number of amides is 1. The molecule has 10 N–H and O–H groups in total. The highest BCUT2D eigenvalue weighted by molar-refractivity contribution is 7.80. The molecule has 0 aromatic rings. The van der Waals surface area contributed by atoms with Crippen LogP contribution < -0.4 is 27.5 Å². The number of nitrogens with zero attached hydrogens (tertiary/aromatic N) is 1. The van der Waals surface area contributed by atoms with Crippen molar-refractivity contribution in [2.24, 2.45) is 11.5 Å². The van der Waals surface area contributed by atoms with Crippen LogP contribution in [0.3, 0.4) is 0 Å². The van der Waals surface area contributed by atoms with E-state index in [4.69, 9.17) is 33.9 Å². The van der Waals surface area contributed by atoms with Gasteiger partial charge in [0.2, 0.25) is 5.91 Å². The summed E-state index contributed by atoms with van der Waals surface area (Å²) in [4.78, 5) is 22.0. The summed E-state index contributed by atoms with van der Waals surface area (Å²) in [6, 6.07) is -2.23. The molecule has 25 heavy (non-hydrogen) atoms. The number of aliphatic hydroxyl groups excluding tert-OH is 2. The van der Waals surface area contributed by atoms with E-state index in [1.807, 2.05) is 0 Å². The van der Waals surface area contributed by atoms with Gasteiger partial charge in [-0.3, -0.25) is 10.2 Å². The number of carbonyl (C=O) groups is 2. The highest BCUT2D eigenvalue weighted by atomic mass is 32.1. The van der Waals surface area contributed by atoms with Crippen molar-refractivity contribution in [2.45, 2.75) is 37.6 Å². The Morgan fingerprint density at radius 2 is 1.92 bits per heavy atom. The molecule has 0 radical (unpaired) electrons. The van der Waals surface area contributed by atoms with E-state index in [0.29, 0.717) is 6.54 Å². The number of carboxylic acid groups (broad SMARTS) is 1. The number of thiocarbonyl (C=S) groups is 1. The lowest BCUT2D eigenvalue weighted by molar-refractivity contribution is -0.140. The van der Waals surface area contributed by atoms with Gasteiger partial charge in [0, 0.05) is 32.6 Å². The fourth-order valence-corrected chi connectivity index (χ4v) is 2.10. The highest BCUT2D eigenvalue weighted by Crippen LogP contribution is 1.94. The molecule has 0 aromatic heterocycles. The minimum atomic E-state index is -1.26. The first-order valence-corrected chi connectivity index (χ1v) is 8.04. The van der Waals surface area contributed by atoms with Gasteiger partial charge in [-0.2, -0.15) is 0 Å². The topological polar surface area (TPSA) is 186 Å². The first-order chi connectivity index (χ1) is 11.6. The Hall–Kier alpha value is -1.57. The molecule has 0 aliphatic carbocycles. The predicted molar refractivity (Wildman–Crippen MR) is 95.3 cm³/mol. The van der Waals surface area contributed by atoms with Gasteiger partial charge in [0.1, 0.15) is 6.04 Å². The number of aliphatic hydroxyl groups is 2. The van der Waals surface area contributed by atoms with Gasteiger partial charge in [-0.1, -0.05) is 0 Å². The number of nitrogens with two attached hydrogens (primary N) is 2. The molecule has 0 saturated heterocycles. The van der Waals surface area contributed by atoms with Crippen molar-refractivity contribution in [3.05, 3.63) is 0 Å². The number of primary amides is 1. The largest absolute Gasteiger partial charge is 0.480 e. The third-order valence-corrected chi connectivity index (χ3v) is 3.52. The average Bonchev–Trinajstić information content (AvgIpc) is 2.49. The molecule has 146 valence electrons. The van der Waals surface area contributed by atoms with Crippen molar-refractivity contribution in [3.63, 3.8) is 0 Å². The fourth-order valence-electron chi connectivity index (χ4n) is 1.79. The number of nitrogens with one attached hydrogen (secondary N) is 3. The number of hydrazine groups is 1.